The third-order valence-electron chi connectivity index (χ3n) is 5.31. The molecule has 0 radical (unpaired) electrons. The van der Waals surface area contributed by atoms with Gasteiger partial charge in [-0.2, -0.15) is 0 Å². The summed E-state index contributed by atoms with van der Waals surface area (Å²) in [6.45, 7) is 7.87. The molecular weight excluding hydrogens is 319 g/mol. The highest BCUT2D eigenvalue weighted by Crippen LogP contribution is 2.49. The van der Waals surface area contributed by atoms with E-state index in [2.05, 4.69) is 14.8 Å². The lowest BCUT2D eigenvalue weighted by Gasteiger charge is -2.36. The summed E-state index contributed by atoms with van der Waals surface area (Å²) >= 11 is 0. The number of hydrogen-bond donors (Lipinski definition) is 1. The van der Waals surface area contributed by atoms with Crippen LogP contribution in [0.4, 0.5) is 10.1 Å². The molecule has 1 heterocycles. The standard InChI is InChI=1S/C19H29FN4O/c1-2-25-14-9-19(7-8-19)15-22-18(21)24-12-10-23(11-13-24)17-5-3-16(20)4-6-17/h3-6H,2,7-15H2,1H3,(H2,21,22). The van der Waals surface area contributed by atoms with Crippen molar-refractivity contribution in [3.63, 3.8) is 0 Å². The van der Waals surface area contributed by atoms with Crippen molar-refractivity contribution in [1.29, 1.82) is 0 Å². The van der Waals surface area contributed by atoms with Crippen LogP contribution in [0.5, 0.6) is 0 Å². The lowest BCUT2D eigenvalue weighted by atomic mass is 10.0. The van der Waals surface area contributed by atoms with Crippen LogP contribution in [-0.2, 0) is 4.74 Å². The molecule has 6 heteroatoms. The Kier molecular flexibility index (Phi) is 5.78. The van der Waals surface area contributed by atoms with Crippen LogP contribution in [0.3, 0.4) is 0 Å². The van der Waals surface area contributed by atoms with E-state index in [1.165, 1.54) is 25.0 Å². The molecule has 0 bridgehead atoms. The summed E-state index contributed by atoms with van der Waals surface area (Å²) in [6.07, 6.45) is 3.54. The molecule has 1 saturated carbocycles. The predicted molar refractivity (Wildman–Crippen MR) is 99.5 cm³/mol. The Hall–Kier alpha value is -1.82. The van der Waals surface area contributed by atoms with Crippen molar-refractivity contribution >= 4 is 11.6 Å². The van der Waals surface area contributed by atoms with Crippen molar-refractivity contribution in [3.8, 4) is 0 Å². The summed E-state index contributed by atoms with van der Waals surface area (Å²) in [4.78, 5) is 9.08. The number of benzene rings is 1. The normalized spacial score (nSPS) is 20.0. The first-order valence-electron chi connectivity index (χ1n) is 9.25. The molecule has 1 aliphatic heterocycles. The van der Waals surface area contributed by atoms with E-state index in [-0.39, 0.29) is 5.82 Å². The van der Waals surface area contributed by atoms with Gasteiger partial charge >= 0.3 is 0 Å². The van der Waals surface area contributed by atoms with Gasteiger partial charge in [0.25, 0.3) is 0 Å². The van der Waals surface area contributed by atoms with Crippen LogP contribution >= 0.6 is 0 Å². The van der Waals surface area contributed by atoms with Gasteiger partial charge in [-0.3, -0.25) is 4.99 Å². The molecule has 1 aliphatic carbocycles. The highest BCUT2D eigenvalue weighted by atomic mass is 19.1. The van der Waals surface area contributed by atoms with Gasteiger partial charge in [-0.25, -0.2) is 4.39 Å². The van der Waals surface area contributed by atoms with Gasteiger partial charge in [0, 0.05) is 51.6 Å². The Labute approximate surface area is 149 Å². The number of ether oxygens (including phenoxy) is 1. The summed E-state index contributed by atoms with van der Waals surface area (Å²) < 4.78 is 18.5. The van der Waals surface area contributed by atoms with Crippen LogP contribution in [0.1, 0.15) is 26.2 Å². The fraction of sp³-hybridized carbons (Fsp3) is 0.632. The fourth-order valence-electron chi connectivity index (χ4n) is 3.29. The number of rotatable bonds is 7. The quantitative estimate of drug-likeness (QED) is 0.467. The third-order valence-corrected chi connectivity index (χ3v) is 5.31. The van der Waals surface area contributed by atoms with Crippen molar-refractivity contribution in [2.24, 2.45) is 16.1 Å². The minimum absolute atomic E-state index is 0.197. The van der Waals surface area contributed by atoms with Gasteiger partial charge in [0.15, 0.2) is 5.96 Å². The molecule has 3 rings (SSSR count). The molecule has 2 N–H and O–H groups in total. The number of anilines is 1. The van der Waals surface area contributed by atoms with Crippen molar-refractivity contribution in [2.45, 2.75) is 26.2 Å². The first-order valence-corrected chi connectivity index (χ1v) is 9.25. The van der Waals surface area contributed by atoms with E-state index in [0.29, 0.717) is 11.4 Å². The molecule has 2 aliphatic rings. The molecule has 0 atom stereocenters. The number of halogens is 1. The predicted octanol–water partition coefficient (Wildman–Crippen LogP) is 2.47. The highest BCUT2D eigenvalue weighted by molar-refractivity contribution is 5.78. The Morgan fingerprint density at radius 1 is 1.20 bits per heavy atom. The maximum absolute atomic E-state index is 13.0. The van der Waals surface area contributed by atoms with Crippen molar-refractivity contribution in [2.75, 3.05) is 50.8 Å². The SMILES string of the molecule is CCOCCC1(CN=C(N)N2CCN(c3ccc(F)cc3)CC2)CC1. The molecule has 138 valence electrons. The zero-order valence-corrected chi connectivity index (χ0v) is 15.1. The van der Waals surface area contributed by atoms with Crippen molar-refractivity contribution in [1.82, 2.24) is 4.90 Å². The van der Waals surface area contributed by atoms with E-state index in [1.807, 2.05) is 19.1 Å². The minimum Gasteiger partial charge on any atom is -0.382 e. The molecule has 2 fully saturated rings. The fourth-order valence-corrected chi connectivity index (χ4v) is 3.29. The summed E-state index contributed by atoms with van der Waals surface area (Å²) in [7, 11) is 0. The second kappa shape index (κ2) is 8.04. The summed E-state index contributed by atoms with van der Waals surface area (Å²) in [6, 6.07) is 6.68. The summed E-state index contributed by atoms with van der Waals surface area (Å²) in [5.41, 5.74) is 7.61. The van der Waals surface area contributed by atoms with Crippen LogP contribution in [0.2, 0.25) is 0 Å². The lowest BCUT2D eigenvalue weighted by Crippen LogP contribution is -2.51. The first kappa shape index (κ1) is 18.0. The van der Waals surface area contributed by atoms with Crippen LogP contribution in [0.25, 0.3) is 0 Å². The largest absolute Gasteiger partial charge is 0.382 e. The van der Waals surface area contributed by atoms with Gasteiger partial charge < -0.3 is 20.3 Å². The number of nitrogens with two attached hydrogens (primary N) is 1. The highest BCUT2D eigenvalue weighted by Gasteiger charge is 2.42. The number of piperazine rings is 1. The summed E-state index contributed by atoms with van der Waals surface area (Å²) in [5.74, 6) is 0.457. The van der Waals surface area contributed by atoms with Gasteiger partial charge in [0.2, 0.25) is 0 Å². The van der Waals surface area contributed by atoms with Gasteiger partial charge in [-0.15, -0.1) is 0 Å². The number of nitrogens with zero attached hydrogens (tertiary/aromatic N) is 3. The molecule has 1 aromatic carbocycles. The minimum atomic E-state index is -0.197. The molecule has 1 aromatic rings. The number of aliphatic imine (C=N–C) groups is 1. The molecular formula is C19H29FN4O. The van der Waals surface area contributed by atoms with E-state index < -0.39 is 0 Å². The van der Waals surface area contributed by atoms with Crippen LogP contribution in [0.15, 0.2) is 29.3 Å². The molecule has 5 nitrogen and oxygen atoms in total. The third kappa shape index (κ3) is 4.84. The van der Waals surface area contributed by atoms with Gasteiger partial charge in [0.1, 0.15) is 5.82 Å². The summed E-state index contributed by atoms with van der Waals surface area (Å²) in [5, 5.41) is 0. The maximum Gasteiger partial charge on any atom is 0.191 e. The Morgan fingerprint density at radius 3 is 2.48 bits per heavy atom. The maximum atomic E-state index is 13.0. The Balaban J connectivity index is 1.46. The molecule has 0 aromatic heterocycles. The van der Waals surface area contributed by atoms with E-state index in [0.717, 1.165) is 58.0 Å². The average Bonchev–Trinajstić information content (AvgIpc) is 3.41. The zero-order valence-electron chi connectivity index (χ0n) is 15.1. The number of guanidine groups is 1. The van der Waals surface area contributed by atoms with E-state index in [9.17, 15) is 4.39 Å². The second-order valence-corrected chi connectivity index (χ2v) is 7.07. The van der Waals surface area contributed by atoms with E-state index in [1.54, 1.807) is 0 Å². The molecule has 0 unspecified atom stereocenters. The van der Waals surface area contributed by atoms with Crippen LogP contribution < -0.4 is 10.6 Å². The van der Waals surface area contributed by atoms with Crippen molar-refractivity contribution in [3.05, 3.63) is 30.1 Å². The van der Waals surface area contributed by atoms with E-state index in [4.69, 9.17) is 10.5 Å². The van der Waals surface area contributed by atoms with Crippen LogP contribution in [-0.4, -0.2) is 56.8 Å². The van der Waals surface area contributed by atoms with Crippen molar-refractivity contribution < 1.29 is 9.13 Å². The van der Waals surface area contributed by atoms with Gasteiger partial charge in [-0.1, -0.05) is 0 Å². The first-order chi connectivity index (χ1) is 12.1. The molecule has 0 amide bonds. The monoisotopic (exact) mass is 348 g/mol. The topological polar surface area (TPSA) is 54.1 Å². The van der Waals surface area contributed by atoms with Gasteiger partial charge in [-0.05, 0) is 55.9 Å². The smallest absolute Gasteiger partial charge is 0.191 e. The van der Waals surface area contributed by atoms with Crippen LogP contribution in [0, 0.1) is 11.2 Å². The Bertz CT molecular complexity index is 578. The molecule has 0 spiro atoms. The van der Waals surface area contributed by atoms with E-state index >= 15 is 0 Å². The molecule has 25 heavy (non-hydrogen) atoms. The average molecular weight is 348 g/mol. The number of hydrogen-bond acceptors (Lipinski definition) is 3. The molecule has 1 saturated heterocycles. The second-order valence-electron chi connectivity index (χ2n) is 7.07. The van der Waals surface area contributed by atoms with Gasteiger partial charge in [0.05, 0.1) is 0 Å². The zero-order chi connectivity index (χ0) is 17.7. The lowest BCUT2D eigenvalue weighted by molar-refractivity contribution is 0.129. The Morgan fingerprint density at radius 2 is 1.88 bits per heavy atom.